The van der Waals surface area contributed by atoms with E-state index in [2.05, 4.69) is 24.1 Å². The molecule has 0 radical (unpaired) electrons. The highest BCUT2D eigenvalue weighted by atomic mass is 16.2. The Labute approximate surface area is 107 Å². The smallest absolute Gasteiger partial charge is 0.273 e. The summed E-state index contributed by atoms with van der Waals surface area (Å²) in [6.07, 6.45) is 3.18. The molecule has 18 heavy (non-hydrogen) atoms. The molecule has 1 heterocycles. The summed E-state index contributed by atoms with van der Waals surface area (Å²) in [5, 5.41) is 2.94. The van der Waals surface area contributed by atoms with Gasteiger partial charge in [-0.3, -0.25) is 4.79 Å². The Morgan fingerprint density at radius 3 is 2.67 bits per heavy atom. The molecule has 0 unspecified atom stereocenters. The molecule has 0 aliphatic carbocycles. The van der Waals surface area contributed by atoms with Gasteiger partial charge in [-0.15, -0.1) is 0 Å². The Kier molecular flexibility index (Phi) is 3.46. The van der Waals surface area contributed by atoms with Crippen LogP contribution in [0.25, 0.3) is 0 Å². The van der Waals surface area contributed by atoms with Gasteiger partial charge in [-0.2, -0.15) is 0 Å². The van der Waals surface area contributed by atoms with Crippen molar-refractivity contribution in [3.8, 4) is 0 Å². The highest BCUT2D eigenvalue weighted by Gasteiger charge is 2.12. The summed E-state index contributed by atoms with van der Waals surface area (Å²) < 4.78 is 1.70. The van der Waals surface area contributed by atoms with E-state index >= 15 is 0 Å². The summed E-state index contributed by atoms with van der Waals surface area (Å²) in [4.78, 5) is 16.0. The van der Waals surface area contributed by atoms with Crippen LogP contribution in [0, 0.1) is 0 Å². The molecule has 0 spiro atoms. The SMILES string of the molecule is CC(C)c1ccccc1NC(=O)c1cncn1C. The van der Waals surface area contributed by atoms with E-state index in [9.17, 15) is 4.79 Å². The van der Waals surface area contributed by atoms with Gasteiger partial charge in [0.1, 0.15) is 5.69 Å². The molecule has 2 rings (SSSR count). The number of rotatable bonds is 3. The van der Waals surface area contributed by atoms with E-state index in [-0.39, 0.29) is 5.91 Å². The molecule has 4 heteroatoms. The molecule has 0 saturated heterocycles. The van der Waals surface area contributed by atoms with E-state index < -0.39 is 0 Å². The minimum atomic E-state index is -0.136. The third-order valence-corrected chi connectivity index (χ3v) is 2.88. The van der Waals surface area contributed by atoms with Gasteiger partial charge in [-0.05, 0) is 17.5 Å². The molecule has 0 saturated carbocycles. The second-order valence-corrected chi connectivity index (χ2v) is 4.59. The molecule has 94 valence electrons. The lowest BCUT2D eigenvalue weighted by molar-refractivity contribution is 0.101. The number of aromatic nitrogens is 2. The molecule has 0 fully saturated rings. The van der Waals surface area contributed by atoms with Gasteiger partial charge in [-0.1, -0.05) is 32.0 Å². The second-order valence-electron chi connectivity index (χ2n) is 4.59. The van der Waals surface area contributed by atoms with Crippen LogP contribution in [0.3, 0.4) is 0 Å². The first-order valence-electron chi connectivity index (χ1n) is 5.96. The second kappa shape index (κ2) is 5.04. The van der Waals surface area contributed by atoms with E-state index in [0.29, 0.717) is 11.6 Å². The molecule has 1 aromatic carbocycles. The first-order valence-corrected chi connectivity index (χ1v) is 5.96. The number of hydrogen-bond donors (Lipinski definition) is 1. The highest BCUT2D eigenvalue weighted by molar-refractivity contribution is 6.03. The Morgan fingerprint density at radius 2 is 2.06 bits per heavy atom. The summed E-state index contributed by atoms with van der Waals surface area (Å²) in [7, 11) is 1.80. The number of carbonyl (C=O) groups excluding carboxylic acids is 1. The number of nitrogens with one attached hydrogen (secondary N) is 1. The quantitative estimate of drug-likeness (QED) is 0.901. The van der Waals surface area contributed by atoms with Gasteiger partial charge in [-0.25, -0.2) is 4.98 Å². The van der Waals surface area contributed by atoms with Gasteiger partial charge in [0.15, 0.2) is 0 Å². The van der Waals surface area contributed by atoms with Crippen LogP contribution in [0.2, 0.25) is 0 Å². The topological polar surface area (TPSA) is 46.9 Å². The maximum Gasteiger partial charge on any atom is 0.273 e. The van der Waals surface area contributed by atoms with Crippen LogP contribution in [0.5, 0.6) is 0 Å². The first-order chi connectivity index (χ1) is 8.59. The van der Waals surface area contributed by atoms with E-state index in [1.165, 1.54) is 0 Å². The zero-order valence-corrected chi connectivity index (χ0v) is 10.8. The van der Waals surface area contributed by atoms with Crippen LogP contribution in [0.4, 0.5) is 5.69 Å². The van der Waals surface area contributed by atoms with E-state index in [1.807, 2.05) is 24.3 Å². The molecule has 1 N–H and O–H groups in total. The molecule has 4 nitrogen and oxygen atoms in total. The summed E-state index contributed by atoms with van der Waals surface area (Å²) >= 11 is 0. The lowest BCUT2D eigenvalue weighted by atomic mass is 10.0. The van der Waals surface area contributed by atoms with Crippen molar-refractivity contribution >= 4 is 11.6 Å². The fourth-order valence-electron chi connectivity index (χ4n) is 1.88. The normalized spacial score (nSPS) is 10.7. The number of anilines is 1. The molecule has 1 amide bonds. The first kappa shape index (κ1) is 12.4. The Hall–Kier alpha value is -2.10. The Morgan fingerprint density at radius 1 is 1.33 bits per heavy atom. The van der Waals surface area contributed by atoms with Gasteiger partial charge < -0.3 is 9.88 Å². The third kappa shape index (κ3) is 2.42. The molecule has 0 bridgehead atoms. The number of aryl methyl sites for hydroxylation is 1. The Balaban J connectivity index is 2.25. The molecule has 0 atom stereocenters. The zero-order valence-electron chi connectivity index (χ0n) is 10.8. The van der Waals surface area contributed by atoms with Crippen molar-refractivity contribution in [3.63, 3.8) is 0 Å². The molecular weight excluding hydrogens is 226 g/mol. The number of amides is 1. The van der Waals surface area contributed by atoms with Crippen molar-refractivity contribution < 1.29 is 4.79 Å². The van der Waals surface area contributed by atoms with Gasteiger partial charge in [0.05, 0.1) is 12.5 Å². The highest BCUT2D eigenvalue weighted by Crippen LogP contribution is 2.24. The van der Waals surface area contributed by atoms with Gasteiger partial charge in [0.2, 0.25) is 0 Å². The number of nitrogens with zero attached hydrogens (tertiary/aromatic N) is 2. The predicted molar refractivity (Wildman–Crippen MR) is 71.7 cm³/mol. The fourth-order valence-corrected chi connectivity index (χ4v) is 1.88. The van der Waals surface area contributed by atoms with Crippen molar-refractivity contribution in [2.45, 2.75) is 19.8 Å². The van der Waals surface area contributed by atoms with Crippen molar-refractivity contribution in [1.82, 2.24) is 9.55 Å². The van der Waals surface area contributed by atoms with Crippen LogP contribution < -0.4 is 5.32 Å². The lowest BCUT2D eigenvalue weighted by Gasteiger charge is -2.13. The number of carbonyl (C=O) groups is 1. The van der Waals surface area contributed by atoms with E-state index in [1.54, 1.807) is 24.1 Å². The summed E-state index contributed by atoms with van der Waals surface area (Å²) in [6, 6.07) is 7.85. The standard InChI is InChI=1S/C14H17N3O/c1-10(2)11-6-4-5-7-12(11)16-14(18)13-8-15-9-17(13)3/h4-10H,1-3H3,(H,16,18). The number of imidazole rings is 1. The predicted octanol–water partition coefficient (Wildman–Crippen LogP) is 2.80. The zero-order chi connectivity index (χ0) is 13.1. The Bertz CT molecular complexity index is 558. The van der Waals surface area contributed by atoms with Crippen molar-refractivity contribution in [3.05, 3.63) is 48.0 Å². The van der Waals surface area contributed by atoms with Gasteiger partial charge in [0.25, 0.3) is 5.91 Å². The number of para-hydroxylation sites is 1. The number of hydrogen-bond acceptors (Lipinski definition) is 2. The maximum absolute atomic E-state index is 12.1. The molecule has 1 aromatic heterocycles. The van der Waals surface area contributed by atoms with Gasteiger partial charge in [0, 0.05) is 12.7 Å². The van der Waals surface area contributed by atoms with Crippen LogP contribution in [-0.2, 0) is 7.05 Å². The monoisotopic (exact) mass is 243 g/mol. The molecule has 0 aliphatic heterocycles. The average molecular weight is 243 g/mol. The number of benzene rings is 1. The van der Waals surface area contributed by atoms with Crippen molar-refractivity contribution in [1.29, 1.82) is 0 Å². The van der Waals surface area contributed by atoms with Crippen molar-refractivity contribution in [2.75, 3.05) is 5.32 Å². The molecular formula is C14H17N3O. The van der Waals surface area contributed by atoms with E-state index in [4.69, 9.17) is 0 Å². The fraction of sp³-hybridized carbons (Fsp3) is 0.286. The molecule has 0 aliphatic rings. The summed E-state index contributed by atoms with van der Waals surface area (Å²) in [6.45, 7) is 4.21. The van der Waals surface area contributed by atoms with Crippen LogP contribution in [-0.4, -0.2) is 15.5 Å². The van der Waals surface area contributed by atoms with E-state index in [0.717, 1.165) is 11.3 Å². The minimum Gasteiger partial charge on any atom is -0.330 e. The summed E-state index contributed by atoms with van der Waals surface area (Å²) in [5.74, 6) is 0.233. The lowest BCUT2D eigenvalue weighted by Crippen LogP contribution is -2.16. The van der Waals surface area contributed by atoms with Crippen LogP contribution in [0.15, 0.2) is 36.8 Å². The maximum atomic E-state index is 12.1. The van der Waals surface area contributed by atoms with Crippen LogP contribution in [0.1, 0.15) is 35.8 Å². The van der Waals surface area contributed by atoms with Crippen molar-refractivity contribution in [2.24, 2.45) is 7.05 Å². The largest absolute Gasteiger partial charge is 0.330 e. The van der Waals surface area contributed by atoms with Crippen LogP contribution >= 0.6 is 0 Å². The third-order valence-electron chi connectivity index (χ3n) is 2.88. The summed E-state index contributed by atoms with van der Waals surface area (Å²) in [5.41, 5.74) is 2.54. The molecule has 2 aromatic rings. The minimum absolute atomic E-state index is 0.136. The average Bonchev–Trinajstić information content (AvgIpc) is 2.76. The van der Waals surface area contributed by atoms with Gasteiger partial charge >= 0.3 is 0 Å².